The Labute approximate surface area is 184 Å². The number of thiophene rings is 1. The van der Waals surface area contributed by atoms with Crippen molar-refractivity contribution in [3.05, 3.63) is 63.5 Å². The lowest BCUT2D eigenvalue weighted by atomic mass is 10.0. The molecule has 0 aliphatic rings. The van der Waals surface area contributed by atoms with Crippen LogP contribution in [-0.2, 0) is 17.8 Å². The smallest absolute Gasteiger partial charge is 0.272 e. The van der Waals surface area contributed by atoms with Crippen molar-refractivity contribution < 1.29 is 4.79 Å². The minimum absolute atomic E-state index is 0.0135. The monoisotopic (exact) mass is 437 g/mol. The van der Waals surface area contributed by atoms with Gasteiger partial charge in [-0.25, -0.2) is 0 Å². The summed E-state index contributed by atoms with van der Waals surface area (Å²) in [5.41, 5.74) is 2.00. The molecule has 3 heterocycles. The lowest BCUT2D eigenvalue weighted by Crippen LogP contribution is -2.28. The SMILES string of the molecule is CCCCn1c(=O)c2sccc2n2c(CCC(=O)NCC(C)c3ccccc3)nnc12. The maximum Gasteiger partial charge on any atom is 0.272 e. The van der Waals surface area contributed by atoms with E-state index in [1.165, 1.54) is 16.9 Å². The molecule has 1 N–H and O–H groups in total. The van der Waals surface area contributed by atoms with Gasteiger partial charge in [-0.3, -0.25) is 18.6 Å². The normalized spacial score (nSPS) is 12.5. The topological polar surface area (TPSA) is 81.3 Å². The Bertz CT molecular complexity index is 1240. The molecule has 0 aliphatic heterocycles. The van der Waals surface area contributed by atoms with Gasteiger partial charge in [0.15, 0.2) is 0 Å². The van der Waals surface area contributed by atoms with E-state index >= 15 is 0 Å². The Kier molecular flexibility index (Phi) is 6.46. The van der Waals surface area contributed by atoms with Crippen LogP contribution in [0.2, 0.25) is 0 Å². The van der Waals surface area contributed by atoms with E-state index < -0.39 is 0 Å². The molecule has 0 saturated heterocycles. The van der Waals surface area contributed by atoms with Crippen molar-refractivity contribution >= 4 is 33.2 Å². The number of aryl methyl sites for hydroxylation is 2. The molecule has 3 aromatic heterocycles. The molecule has 1 atom stereocenters. The van der Waals surface area contributed by atoms with Gasteiger partial charge in [-0.2, -0.15) is 0 Å². The molecule has 162 valence electrons. The van der Waals surface area contributed by atoms with Gasteiger partial charge in [0.25, 0.3) is 5.56 Å². The summed E-state index contributed by atoms with van der Waals surface area (Å²) in [5, 5.41) is 13.6. The number of benzene rings is 1. The number of nitrogens with one attached hydrogen (secondary N) is 1. The zero-order chi connectivity index (χ0) is 21.8. The van der Waals surface area contributed by atoms with Crippen molar-refractivity contribution in [2.24, 2.45) is 0 Å². The summed E-state index contributed by atoms with van der Waals surface area (Å²) in [6.07, 6.45) is 2.67. The highest BCUT2D eigenvalue weighted by atomic mass is 32.1. The molecule has 1 amide bonds. The van der Waals surface area contributed by atoms with Crippen LogP contribution in [0.4, 0.5) is 0 Å². The van der Waals surface area contributed by atoms with Crippen LogP contribution in [0.3, 0.4) is 0 Å². The van der Waals surface area contributed by atoms with Gasteiger partial charge in [0.1, 0.15) is 10.5 Å². The largest absolute Gasteiger partial charge is 0.355 e. The lowest BCUT2D eigenvalue weighted by molar-refractivity contribution is -0.121. The third-order valence-electron chi connectivity index (χ3n) is 5.56. The number of rotatable bonds is 9. The molecule has 0 aliphatic carbocycles. The predicted octanol–water partition coefficient (Wildman–Crippen LogP) is 3.76. The number of carbonyl (C=O) groups excluding carboxylic acids is 1. The molecule has 0 fully saturated rings. The number of amides is 1. The highest BCUT2D eigenvalue weighted by Crippen LogP contribution is 2.20. The summed E-state index contributed by atoms with van der Waals surface area (Å²) in [4.78, 5) is 25.3. The fourth-order valence-corrected chi connectivity index (χ4v) is 4.56. The molecule has 4 aromatic rings. The fourth-order valence-electron chi connectivity index (χ4n) is 3.74. The number of carbonyl (C=O) groups is 1. The molecule has 7 nitrogen and oxygen atoms in total. The van der Waals surface area contributed by atoms with E-state index in [1.54, 1.807) is 4.57 Å². The second-order valence-corrected chi connectivity index (χ2v) is 8.73. The Morgan fingerprint density at radius 1 is 1.19 bits per heavy atom. The predicted molar refractivity (Wildman–Crippen MR) is 124 cm³/mol. The first-order valence-corrected chi connectivity index (χ1v) is 11.6. The van der Waals surface area contributed by atoms with E-state index in [1.807, 2.05) is 34.0 Å². The second kappa shape index (κ2) is 9.43. The summed E-state index contributed by atoms with van der Waals surface area (Å²) >= 11 is 1.43. The van der Waals surface area contributed by atoms with Crippen LogP contribution in [-0.4, -0.2) is 31.6 Å². The Morgan fingerprint density at radius 3 is 2.77 bits per heavy atom. The summed E-state index contributed by atoms with van der Waals surface area (Å²) in [6.45, 7) is 5.40. The first-order chi connectivity index (χ1) is 15.1. The van der Waals surface area contributed by atoms with Gasteiger partial charge in [-0.05, 0) is 29.3 Å². The van der Waals surface area contributed by atoms with Crippen LogP contribution in [0.5, 0.6) is 0 Å². The van der Waals surface area contributed by atoms with Crippen molar-refractivity contribution in [1.82, 2.24) is 24.5 Å². The first-order valence-electron chi connectivity index (χ1n) is 10.8. The summed E-state index contributed by atoms with van der Waals surface area (Å²) in [5.74, 6) is 1.49. The Hall–Kier alpha value is -3.00. The molecule has 0 spiro atoms. The highest BCUT2D eigenvalue weighted by Gasteiger charge is 2.18. The number of hydrogen-bond acceptors (Lipinski definition) is 5. The molecule has 0 bridgehead atoms. The van der Waals surface area contributed by atoms with Crippen LogP contribution in [0.25, 0.3) is 16.0 Å². The molecule has 1 unspecified atom stereocenters. The zero-order valence-corrected chi connectivity index (χ0v) is 18.7. The summed E-state index contributed by atoms with van der Waals surface area (Å²) < 4.78 is 4.34. The standard InChI is InChI=1S/C23H27N5O2S/c1-3-4-13-27-22(30)21-18(12-14-31-21)28-19(25-26-23(27)28)10-11-20(29)24-15-16(2)17-8-6-5-7-9-17/h5-9,12,14,16H,3-4,10-11,13,15H2,1-2H3,(H,24,29). The lowest BCUT2D eigenvalue weighted by Gasteiger charge is -2.13. The van der Waals surface area contributed by atoms with Crippen molar-refractivity contribution in [3.63, 3.8) is 0 Å². The quantitative estimate of drug-likeness (QED) is 0.432. The highest BCUT2D eigenvalue weighted by molar-refractivity contribution is 7.17. The van der Waals surface area contributed by atoms with E-state index in [4.69, 9.17) is 0 Å². The van der Waals surface area contributed by atoms with Gasteiger partial charge in [0, 0.05) is 25.9 Å². The van der Waals surface area contributed by atoms with E-state index in [0.717, 1.165) is 18.4 Å². The average Bonchev–Trinajstić information content (AvgIpc) is 3.44. The van der Waals surface area contributed by atoms with Crippen LogP contribution in [0, 0.1) is 0 Å². The number of nitrogens with zero attached hydrogens (tertiary/aromatic N) is 4. The minimum atomic E-state index is -0.0162. The average molecular weight is 438 g/mol. The third kappa shape index (κ3) is 4.39. The number of unbranched alkanes of at least 4 members (excludes halogenated alkanes) is 1. The molecule has 1 aromatic carbocycles. The molecule has 31 heavy (non-hydrogen) atoms. The third-order valence-corrected chi connectivity index (χ3v) is 6.46. The molecule has 0 radical (unpaired) electrons. The van der Waals surface area contributed by atoms with Gasteiger partial charge in [-0.1, -0.05) is 50.6 Å². The summed E-state index contributed by atoms with van der Waals surface area (Å²) in [7, 11) is 0. The fraction of sp³-hybridized carbons (Fsp3) is 0.391. The Balaban J connectivity index is 1.49. The van der Waals surface area contributed by atoms with Crippen molar-refractivity contribution in [2.75, 3.05) is 6.54 Å². The van der Waals surface area contributed by atoms with Gasteiger partial charge in [-0.15, -0.1) is 21.5 Å². The molecule has 4 rings (SSSR count). The first kappa shape index (κ1) is 21.2. The summed E-state index contributed by atoms with van der Waals surface area (Å²) in [6, 6.07) is 12.1. The van der Waals surface area contributed by atoms with Gasteiger partial charge in [0.2, 0.25) is 11.7 Å². The second-order valence-electron chi connectivity index (χ2n) is 7.81. The number of aromatic nitrogens is 4. The Morgan fingerprint density at radius 2 is 2.00 bits per heavy atom. The zero-order valence-electron chi connectivity index (χ0n) is 17.9. The molecule has 8 heteroatoms. The maximum absolute atomic E-state index is 12.9. The van der Waals surface area contributed by atoms with Gasteiger partial charge >= 0.3 is 0 Å². The van der Waals surface area contributed by atoms with Crippen LogP contribution in [0.1, 0.15) is 50.4 Å². The maximum atomic E-state index is 12.9. The number of fused-ring (bicyclic) bond motifs is 3. The van der Waals surface area contributed by atoms with E-state index in [0.29, 0.717) is 42.2 Å². The van der Waals surface area contributed by atoms with Gasteiger partial charge < -0.3 is 5.32 Å². The van der Waals surface area contributed by atoms with Crippen LogP contribution < -0.4 is 10.9 Å². The van der Waals surface area contributed by atoms with Crippen LogP contribution >= 0.6 is 11.3 Å². The van der Waals surface area contributed by atoms with E-state index in [9.17, 15) is 9.59 Å². The van der Waals surface area contributed by atoms with E-state index in [2.05, 4.69) is 41.5 Å². The minimum Gasteiger partial charge on any atom is -0.355 e. The van der Waals surface area contributed by atoms with E-state index in [-0.39, 0.29) is 17.4 Å². The van der Waals surface area contributed by atoms with Crippen molar-refractivity contribution in [3.8, 4) is 0 Å². The number of hydrogen-bond donors (Lipinski definition) is 1. The van der Waals surface area contributed by atoms with Crippen LogP contribution in [0.15, 0.2) is 46.6 Å². The van der Waals surface area contributed by atoms with Crippen molar-refractivity contribution in [2.45, 2.75) is 52.0 Å². The van der Waals surface area contributed by atoms with Crippen molar-refractivity contribution in [1.29, 1.82) is 0 Å². The molecular formula is C23H27N5O2S. The molecule has 0 saturated carbocycles. The van der Waals surface area contributed by atoms with Gasteiger partial charge in [0.05, 0.1) is 5.52 Å². The molecular weight excluding hydrogens is 410 g/mol.